The van der Waals surface area contributed by atoms with Crippen LogP contribution in [0.25, 0.3) is 0 Å². The molecule has 2 aromatic carbocycles. The zero-order chi connectivity index (χ0) is 19.5. The van der Waals surface area contributed by atoms with Crippen LogP contribution in [0.2, 0.25) is 0 Å². The summed E-state index contributed by atoms with van der Waals surface area (Å²) in [4.78, 5) is 23.1. The monoisotopic (exact) mass is 377 g/mol. The molecule has 0 fully saturated rings. The van der Waals surface area contributed by atoms with E-state index in [4.69, 9.17) is 0 Å². The maximum Gasteiger partial charge on any atom is 0.274 e. The van der Waals surface area contributed by atoms with Crippen LogP contribution < -0.4 is 9.62 Å². The SMILES string of the molecule is Cc1c(NC(=O)C(C)N(c2ccccc2)S(C)(=O)=O)cccc1[N+](=O)[O-]. The molecule has 26 heavy (non-hydrogen) atoms. The van der Waals surface area contributed by atoms with Crippen LogP contribution in [0.1, 0.15) is 12.5 Å². The van der Waals surface area contributed by atoms with Gasteiger partial charge in [0.05, 0.1) is 28.1 Å². The summed E-state index contributed by atoms with van der Waals surface area (Å²) in [7, 11) is -3.72. The zero-order valence-corrected chi connectivity index (χ0v) is 15.4. The number of carbonyl (C=O) groups is 1. The smallest absolute Gasteiger partial charge is 0.274 e. The van der Waals surface area contributed by atoms with E-state index in [9.17, 15) is 23.3 Å². The lowest BCUT2D eigenvalue weighted by Crippen LogP contribution is -2.45. The number of rotatable bonds is 6. The lowest BCUT2D eigenvalue weighted by molar-refractivity contribution is -0.385. The van der Waals surface area contributed by atoms with Crippen molar-refractivity contribution < 1.29 is 18.1 Å². The highest BCUT2D eigenvalue weighted by molar-refractivity contribution is 7.92. The molecule has 0 aliphatic heterocycles. The van der Waals surface area contributed by atoms with Gasteiger partial charge in [-0.2, -0.15) is 0 Å². The standard InChI is InChI=1S/C17H19N3O5S/c1-12-15(10-7-11-16(12)20(22)23)18-17(21)13(2)19(26(3,24)25)14-8-5-4-6-9-14/h4-11,13H,1-3H3,(H,18,21). The van der Waals surface area contributed by atoms with Crippen molar-refractivity contribution >= 4 is 33.0 Å². The summed E-state index contributed by atoms with van der Waals surface area (Å²) in [6.07, 6.45) is 1.02. The topological polar surface area (TPSA) is 110 Å². The Balaban J connectivity index is 2.34. The molecule has 0 saturated carbocycles. The molecule has 2 aromatic rings. The Bertz CT molecular complexity index is 929. The van der Waals surface area contributed by atoms with Crippen LogP contribution in [0, 0.1) is 17.0 Å². The highest BCUT2D eigenvalue weighted by Crippen LogP contribution is 2.26. The van der Waals surface area contributed by atoms with Gasteiger partial charge in [-0.1, -0.05) is 24.3 Å². The first-order valence-electron chi connectivity index (χ1n) is 7.72. The Morgan fingerprint density at radius 3 is 2.31 bits per heavy atom. The quantitative estimate of drug-likeness (QED) is 0.615. The molecule has 138 valence electrons. The number of para-hydroxylation sites is 1. The predicted molar refractivity (Wildman–Crippen MR) is 99.7 cm³/mol. The van der Waals surface area contributed by atoms with E-state index in [-0.39, 0.29) is 11.4 Å². The van der Waals surface area contributed by atoms with Crippen molar-refractivity contribution in [3.05, 3.63) is 64.2 Å². The molecule has 1 N–H and O–H groups in total. The zero-order valence-electron chi connectivity index (χ0n) is 14.5. The van der Waals surface area contributed by atoms with Crippen molar-refractivity contribution in [2.75, 3.05) is 15.9 Å². The molecule has 0 spiro atoms. The number of amides is 1. The van der Waals surface area contributed by atoms with Gasteiger partial charge in [0.1, 0.15) is 6.04 Å². The Kier molecular flexibility index (Phi) is 5.61. The summed E-state index contributed by atoms with van der Waals surface area (Å²) in [5, 5.41) is 13.6. The van der Waals surface area contributed by atoms with Crippen LogP contribution in [0.3, 0.4) is 0 Å². The van der Waals surface area contributed by atoms with Gasteiger partial charge in [-0.15, -0.1) is 0 Å². The molecule has 0 radical (unpaired) electrons. The number of hydrogen-bond acceptors (Lipinski definition) is 5. The summed E-state index contributed by atoms with van der Waals surface area (Å²) in [6, 6.07) is 11.5. The Morgan fingerprint density at radius 1 is 1.15 bits per heavy atom. The van der Waals surface area contributed by atoms with Gasteiger partial charge in [-0.05, 0) is 32.0 Å². The number of nitrogens with one attached hydrogen (secondary N) is 1. The molecule has 1 unspecified atom stereocenters. The highest BCUT2D eigenvalue weighted by Gasteiger charge is 2.29. The second-order valence-corrected chi connectivity index (χ2v) is 7.63. The van der Waals surface area contributed by atoms with Gasteiger partial charge in [0.25, 0.3) is 5.69 Å². The average Bonchev–Trinajstić information content (AvgIpc) is 2.56. The minimum Gasteiger partial charge on any atom is -0.324 e. The fourth-order valence-electron chi connectivity index (χ4n) is 2.58. The van der Waals surface area contributed by atoms with Gasteiger partial charge in [0, 0.05) is 6.07 Å². The van der Waals surface area contributed by atoms with Crippen molar-refractivity contribution in [3.63, 3.8) is 0 Å². The Morgan fingerprint density at radius 2 is 1.77 bits per heavy atom. The first-order chi connectivity index (χ1) is 12.1. The van der Waals surface area contributed by atoms with E-state index in [1.807, 2.05) is 0 Å². The summed E-state index contributed by atoms with van der Waals surface area (Å²) in [6.45, 7) is 2.97. The lowest BCUT2D eigenvalue weighted by atomic mass is 10.1. The summed E-state index contributed by atoms with van der Waals surface area (Å²) in [5.74, 6) is -0.595. The molecule has 0 aliphatic rings. The highest BCUT2D eigenvalue weighted by atomic mass is 32.2. The molecular formula is C17H19N3O5S. The van der Waals surface area contributed by atoms with E-state index < -0.39 is 26.9 Å². The van der Waals surface area contributed by atoms with Crippen molar-refractivity contribution in [2.45, 2.75) is 19.9 Å². The molecule has 1 amide bonds. The number of benzene rings is 2. The van der Waals surface area contributed by atoms with Gasteiger partial charge in [-0.3, -0.25) is 19.2 Å². The molecule has 0 aromatic heterocycles. The summed E-state index contributed by atoms with van der Waals surface area (Å²) in [5.41, 5.74) is 0.785. The van der Waals surface area contributed by atoms with Crippen molar-refractivity contribution in [1.29, 1.82) is 0 Å². The third kappa shape index (κ3) is 4.17. The van der Waals surface area contributed by atoms with E-state index in [0.717, 1.165) is 10.6 Å². The minimum absolute atomic E-state index is 0.126. The maximum absolute atomic E-state index is 12.6. The van der Waals surface area contributed by atoms with Crippen LogP contribution in [0.5, 0.6) is 0 Å². The van der Waals surface area contributed by atoms with E-state index in [2.05, 4.69) is 5.32 Å². The molecule has 0 bridgehead atoms. The summed E-state index contributed by atoms with van der Waals surface area (Å²) >= 11 is 0. The van der Waals surface area contributed by atoms with Crippen LogP contribution in [0.15, 0.2) is 48.5 Å². The van der Waals surface area contributed by atoms with Gasteiger partial charge >= 0.3 is 0 Å². The summed E-state index contributed by atoms with van der Waals surface area (Å²) < 4.78 is 25.4. The normalized spacial score (nSPS) is 12.3. The Labute approximate surface area is 151 Å². The van der Waals surface area contributed by atoms with E-state index in [1.165, 1.54) is 32.0 Å². The van der Waals surface area contributed by atoms with E-state index in [1.54, 1.807) is 30.3 Å². The first kappa shape index (κ1) is 19.4. The van der Waals surface area contributed by atoms with Crippen molar-refractivity contribution in [3.8, 4) is 0 Å². The molecule has 0 saturated heterocycles. The number of anilines is 2. The van der Waals surface area contributed by atoms with Crippen LogP contribution in [-0.4, -0.2) is 31.5 Å². The van der Waals surface area contributed by atoms with Crippen LogP contribution >= 0.6 is 0 Å². The number of hydrogen-bond donors (Lipinski definition) is 1. The molecule has 0 aliphatic carbocycles. The van der Waals surface area contributed by atoms with Gasteiger partial charge in [-0.25, -0.2) is 8.42 Å². The Hall–Kier alpha value is -2.94. The predicted octanol–water partition coefficient (Wildman–Crippen LogP) is 2.70. The number of nitro groups is 1. The lowest BCUT2D eigenvalue weighted by Gasteiger charge is -2.28. The van der Waals surface area contributed by atoms with Gasteiger partial charge in [0.2, 0.25) is 15.9 Å². The largest absolute Gasteiger partial charge is 0.324 e. The molecule has 9 heteroatoms. The number of sulfonamides is 1. The number of nitrogens with zero attached hydrogens (tertiary/aromatic N) is 2. The number of nitro benzene ring substituents is 1. The van der Waals surface area contributed by atoms with E-state index in [0.29, 0.717) is 11.3 Å². The second kappa shape index (κ2) is 7.52. The third-order valence-electron chi connectivity index (χ3n) is 3.86. The molecule has 1 atom stereocenters. The second-order valence-electron chi connectivity index (χ2n) is 5.77. The molecule has 2 rings (SSSR count). The average molecular weight is 377 g/mol. The number of carbonyl (C=O) groups excluding carboxylic acids is 1. The van der Waals surface area contributed by atoms with Gasteiger partial charge < -0.3 is 5.32 Å². The molecule has 0 heterocycles. The van der Waals surface area contributed by atoms with Crippen molar-refractivity contribution in [1.82, 2.24) is 0 Å². The fraction of sp³-hybridized carbons (Fsp3) is 0.235. The fourth-order valence-corrected chi connectivity index (χ4v) is 3.75. The van der Waals surface area contributed by atoms with Crippen molar-refractivity contribution in [2.24, 2.45) is 0 Å². The van der Waals surface area contributed by atoms with E-state index >= 15 is 0 Å². The maximum atomic E-state index is 12.6. The van der Waals surface area contributed by atoms with Crippen LogP contribution in [-0.2, 0) is 14.8 Å². The first-order valence-corrected chi connectivity index (χ1v) is 9.57. The van der Waals surface area contributed by atoms with Gasteiger partial charge in [0.15, 0.2) is 0 Å². The third-order valence-corrected chi connectivity index (χ3v) is 5.10. The molecular weight excluding hydrogens is 358 g/mol. The minimum atomic E-state index is -3.72. The molecule has 8 nitrogen and oxygen atoms in total. The van der Waals surface area contributed by atoms with Crippen LogP contribution in [0.4, 0.5) is 17.1 Å².